The summed E-state index contributed by atoms with van der Waals surface area (Å²) in [6.07, 6.45) is 6.13. The van der Waals surface area contributed by atoms with Crippen LogP contribution in [0.2, 0.25) is 0 Å². The molecule has 1 aromatic rings. The van der Waals surface area contributed by atoms with Gasteiger partial charge in [-0.05, 0) is 45.1 Å². The number of nitrogens with one attached hydrogen (secondary N) is 1. The van der Waals surface area contributed by atoms with Gasteiger partial charge in [0.05, 0.1) is 5.69 Å². The van der Waals surface area contributed by atoms with Crippen molar-refractivity contribution in [1.82, 2.24) is 10.3 Å². The van der Waals surface area contributed by atoms with E-state index in [4.69, 9.17) is 9.72 Å². The van der Waals surface area contributed by atoms with Gasteiger partial charge in [-0.25, -0.2) is 4.98 Å². The van der Waals surface area contributed by atoms with E-state index in [1.165, 1.54) is 41.4 Å². The average molecular weight is 295 g/mol. The molecule has 0 radical (unpaired) electrons. The van der Waals surface area contributed by atoms with E-state index in [0.29, 0.717) is 6.04 Å². The summed E-state index contributed by atoms with van der Waals surface area (Å²) in [5, 5.41) is 4.68. The first-order chi connectivity index (χ1) is 9.81. The molecule has 0 spiro atoms. The molecule has 1 aliphatic carbocycles. The van der Waals surface area contributed by atoms with Gasteiger partial charge in [0.25, 0.3) is 0 Å². The van der Waals surface area contributed by atoms with Crippen LogP contribution in [0.3, 0.4) is 0 Å². The average Bonchev–Trinajstić information content (AvgIpc) is 2.92. The molecule has 2 aliphatic rings. The number of thiazole rings is 1. The van der Waals surface area contributed by atoms with Gasteiger partial charge < -0.3 is 15.0 Å². The summed E-state index contributed by atoms with van der Waals surface area (Å²) in [5.74, 6) is 0.732. The molecule has 1 N–H and O–H groups in total. The Hall–Kier alpha value is -0.650. The van der Waals surface area contributed by atoms with E-state index in [0.717, 1.165) is 32.0 Å². The fourth-order valence-electron chi connectivity index (χ4n) is 3.34. The SMILES string of the molecule is CNC1CCCc2nc(N3CCC(COC)CC3)sc21. The number of fused-ring (bicyclic) bond motifs is 1. The maximum Gasteiger partial charge on any atom is 0.185 e. The molecule has 5 heteroatoms. The Morgan fingerprint density at radius 2 is 2.15 bits per heavy atom. The molecule has 3 rings (SSSR count). The highest BCUT2D eigenvalue weighted by Crippen LogP contribution is 2.38. The predicted molar refractivity (Wildman–Crippen MR) is 83.7 cm³/mol. The van der Waals surface area contributed by atoms with Crippen molar-refractivity contribution < 1.29 is 4.74 Å². The minimum Gasteiger partial charge on any atom is -0.384 e. The number of anilines is 1. The van der Waals surface area contributed by atoms with E-state index in [2.05, 4.69) is 17.3 Å². The lowest BCUT2D eigenvalue weighted by Crippen LogP contribution is -2.34. The lowest BCUT2D eigenvalue weighted by Gasteiger charge is -2.31. The van der Waals surface area contributed by atoms with Crippen LogP contribution in [0.4, 0.5) is 5.13 Å². The largest absolute Gasteiger partial charge is 0.384 e. The van der Waals surface area contributed by atoms with E-state index in [1.54, 1.807) is 7.11 Å². The van der Waals surface area contributed by atoms with Crippen molar-refractivity contribution in [1.29, 1.82) is 0 Å². The summed E-state index contributed by atoms with van der Waals surface area (Å²) in [6.45, 7) is 3.17. The lowest BCUT2D eigenvalue weighted by molar-refractivity contribution is 0.139. The molecule has 2 heterocycles. The molecule has 112 valence electrons. The van der Waals surface area contributed by atoms with E-state index < -0.39 is 0 Å². The molecule has 1 atom stereocenters. The third kappa shape index (κ3) is 2.85. The number of hydrogen-bond donors (Lipinski definition) is 1. The number of aryl methyl sites for hydroxylation is 1. The van der Waals surface area contributed by atoms with Crippen LogP contribution in [0.25, 0.3) is 0 Å². The zero-order chi connectivity index (χ0) is 13.9. The van der Waals surface area contributed by atoms with Gasteiger partial charge in [-0.2, -0.15) is 0 Å². The van der Waals surface area contributed by atoms with E-state index in [9.17, 15) is 0 Å². The smallest absolute Gasteiger partial charge is 0.185 e. The van der Waals surface area contributed by atoms with Crippen molar-refractivity contribution in [3.05, 3.63) is 10.6 Å². The van der Waals surface area contributed by atoms with E-state index in [1.807, 2.05) is 11.3 Å². The van der Waals surface area contributed by atoms with Crippen LogP contribution in [-0.2, 0) is 11.2 Å². The van der Waals surface area contributed by atoms with E-state index in [-0.39, 0.29) is 0 Å². The van der Waals surface area contributed by atoms with Crippen molar-refractivity contribution in [2.45, 2.75) is 38.1 Å². The van der Waals surface area contributed by atoms with Gasteiger partial charge in [0.1, 0.15) is 0 Å². The third-order valence-electron chi connectivity index (χ3n) is 4.58. The first kappa shape index (κ1) is 14.3. The normalized spacial score (nSPS) is 23.9. The molecule has 1 saturated heterocycles. The third-order valence-corrected chi connectivity index (χ3v) is 5.85. The Balaban J connectivity index is 1.68. The minimum atomic E-state index is 0.524. The van der Waals surface area contributed by atoms with Gasteiger partial charge in [0.2, 0.25) is 0 Å². The first-order valence-corrected chi connectivity index (χ1v) is 8.54. The number of hydrogen-bond acceptors (Lipinski definition) is 5. The van der Waals surface area contributed by atoms with E-state index >= 15 is 0 Å². The summed E-state index contributed by atoms with van der Waals surface area (Å²) >= 11 is 1.91. The molecule has 20 heavy (non-hydrogen) atoms. The highest BCUT2D eigenvalue weighted by atomic mass is 32.1. The number of rotatable bonds is 4. The second-order valence-corrected chi connectivity index (χ2v) is 6.94. The lowest BCUT2D eigenvalue weighted by atomic mass is 9.98. The molecule has 1 aromatic heterocycles. The van der Waals surface area contributed by atoms with Gasteiger partial charge in [-0.3, -0.25) is 0 Å². The van der Waals surface area contributed by atoms with Crippen LogP contribution in [-0.4, -0.2) is 38.8 Å². The molecular formula is C15H25N3OS. The standard InChI is InChI=1S/C15H25N3OS/c1-16-12-4-3-5-13-14(12)20-15(17-13)18-8-6-11(7-9-18)10-19-2/h11-12,16H,3-10H2,1-2H3. The van der Waals surface area contributed by atoms with Gasteiger partial charge in [-0.1, -0.05) is 11.3 Å². The van der Waals surface area contributed by atoms with Crippen molar-refractivity contribution in [2.75, 3.05) is 38.8 Å². The Morgan fingerprint density at radius 1 is 1.35 bits per heavy atom. The molecule has 0 saturated carbocycles. The van der Waals surface area contributed by atoms with Crippen LogP contribution in [0, 0.1) is 5.92 Å². The summed E-state index contributed by atoms with van der Waals surface area (Å²) in [7, 11) is 3.87. The van der Waals surface area contributed by atoms with Crippen LogP contribution >= 0.6 is 11.3 Å². The second-order valence-electron chi connectivity index (χ2n) is 5.93. The maximum absolute atomic E-state index is 5.28. The molecule has 1 aliphatic heterocycles. The Morgan fingerprint density at radius 3 is 2.85 bits per heavy atom. The summed E-state index contributed by atoms with van der Waals surface area (Å²) < 4.78 is 5.28. The molecule has 0 amide bonds. The second kappa shape index (κ2) is 6.41. The van der Waals surface area contributed by atoms with Crippen LogP contribution in [0.15, 0.2) is 0 Å². The number of aromatic nitrogens is 1. The number of nitrogens with zero attached hydrogens (tertiary/aromatic N) is 2. The highest BCUT2D eigenvalue weighted by molar-refractivity contribution is 7.15. The zero-order valence-corrected chi connectivity index (χ0v) is 13.3. The monoisotopic (exact) mass is 295 g/mol. The van der Waals surface area contributed by atoms with Gasteiger partial charge in [-0.15, -0.1) is 0 Å². The highest BCUT2D eigenvalue weighted by Gasteiger charge is 2.27. The first-order valence-electron chi connectivity index (χ1n) is 7.72. The molecule has 1 fully saturated rings. The van der Waals surface area contributed by atoms with Gasteiger partial charge in [0.15, 0.2) is 5.13 Å². The predicted octanol–water partition coefficient (Wildman–Crippen LogP) is 2.60. The van der Waals surface area contributed by atoms with Crippen LogP contribution in [0.1, 0.15) is 42.3 Å². The fourth-order valence-corrected chi connectivity index (χ4v) is 4.65. The number of ether oxygens (including phenoxy) is 1. The summed E-state index contributed by atoms with van der Waals surface area (Å²) in [6, 6.07) is 0.524. The van der Waals surface area contributed by atoms with Gasteiger partial charge in [0, 0.05) is 37.7 Å². The van der Waals surface area contributed by atoms with Gasteiger partial charge >= 0.3 is 0 Å². The quantitative estimate of drug-likeness (QED) is 0.926. The Kier molecular flexibility index (Phi) is 4.58. The Bertz CT molecular complexity index is 440. The Labute approximate surface area is 125 Å². The van der Waals surface area contributed by atoms with Crippen molar-refractivity contribution in [3.63, 3.8) is 0 Å². The molecule has 1 unspecified atom stereocenters. The molecular weight excluding hydrogens is 270 g/mol. The fraction of sp³-hybridized carbons (Fsp3) is 0.800. The van der Waals surface area contributed by atoms with Crippen molar-refractivity contribution >= 4 is 16.5 Å². The minimum absolute atomic E-state index is 0.524. The zero-order valence-electron chi connectivity index (χ0n) is 12.5. The van der Waals surface area contributed by atoms with Crippen LogP contribution in [0.5, 0.6) is 0 Å². The molecule has 0 aromatic carbocycles. The topological polar surface area (TPSA) is 37.4 Å². The molecule has 4 nitrogen and oxygen atoms in total. The number of methoxy groups -OCH3 is 1. The van der Waals surface area contributed by atoms with Crippen LogP contribution < -0.4 is 10.2 Å². The molecule has 0 bridgehead atoms. The maximum atomic E-state index is 5.28. The summed E-state index contributed by atoms with van der Waals surface area (Å²) in [4.78, 5) is 8.87. The summed E-state index contributed by atoms with van der Waals surface area (Å²) in [5.41, 5.74) is 1.34. The van der Waals surface area contributed by atoms with Crippen molar-refractivity contribution in [3.8, 4) is 0 Å². The number of piperidine rings is 1. The van der Waals surface area contributed by atoms with Crippen molar-refractivity contribution in [2.24, 2.45) is 5.92 Å².